The highest BCUT2D eigenvalue weighted by Crippen LogP contribution is 2.56. The first kappa shape index (κ1) is 54.1. The molecule has 18 aromatic rings. The molecule has 0 aliphatic heterocycles. The first-order valence-electron chi connectivity index (χ1n) is 32.9. The van der Waals surface area contributed by atoms with E-state index in [1.165, 1.54) is 177 Å². The van der Waals surface area contributed by atoms with E-state index in [4.69, 9.17) is 0 Å². The fraction of sp³-hybridized carbons (Fsp3) is 0.0667. The third-order valence-electron chi connectivity index (χ3n) is 21.1. The molecule has 0 atom stereocenters. The van der Waals surface area contributed by atoms with Crippen LogP contribution in [0.2, 0.25) is 0 Å². The number of para-hydroxylation sites is 10. The molecule has 4 nitrogen and oxygen atoms in total. The first-order valence-corrected chi connectivity index (χ1v) is 32.9. The Labute approximate surface area is 545 Å². The van der Waals surface area contributed by atoms with E-state index >= 15 is 0 Å². The number of benzene rings is 14. The fourth-order valence-electron chi connectivity index (χ4n) is 17.0. The Balaban J connectivity index is 0.000000133. The summed E-state index contributed by atoms with van der Waals surface area (Å²) in [7, 11) is 0. The number of nitrogens with zero attached hydrogens (tertiary/aromatic N) is 4. The van der Waals surface area contributed by atoms with Crippen LogP contribution >= 0.6 is 0 Å². The van der Waals surface area contributed by atoms with Crippen LogP contribution in [0, 0.1) is 0 Å². The molecule has 0 saturated carbocycles. The fourth-order valence-corrected chi connectivity index (χ4v) is 17.0. The molecule has 2 aliphatic rings. The van der Waals surface area contributed by atoms with Crippen molar-refractivity contribution in [1.82, 2.24) is 18.3 Å². The lowest BCUT2D eigenvalue weighted by molar-refractivity contribution is 0.661. The Morgan fingerprint density at radius 3 is 0.904 bits per heavy atom. The minimum atomic E-state index is -0.145. The number of rotatable bonds is 6. The summed E-state index contributed by atoms with van der Waals surface area (Å²) in [6, 6.07) is 116. The van der Waals surface area contributed by atoms with Gasteiger partial charge in [0.1, 0.15) is 0 Å². The minimum Gasteiger partial charge on any atom is -0.309 e. The van der Waals surface area contributed by atoms with Crippen LogP contribution in [0.1, 0.15) is 49.9 Å². The van der Waals surface area contributed by atoms with Crippen molar-refractivity contribution in [2.75, 3.05) is 0 Å². The van der Waals surface area contributed by atoms with Gasteiger partial charge in [-0.2, -0.15) is 0 Å². The van der Waals surface area contributed by atoms with Crippen LogP contribution in [0.4, 0.5) is 0 Å². The van der Waals surface area contributed by atoms with Gasteiger partial charge in [-0.15, -0.1) is 0 Å². The molecule has 0 saturated heterocycles. The number of fused-ring (bicyclic) bond motifs is 20. The highest BCUT2D eigenvalue weighted by Gasteiger charge is 2.40. The Bertz CT molecular complexity index is 6080. The van der Waals surface area contributed by atoms with Gasteiger partial charge in [0.2, 0.25) is 0 Å². The molecule has 4 heterocycles. The van der Waals surface area contributed by atoms with E-state index in [2.05, 4.69) is 361 Å². The summed E-state index contributed by atoms with van der Waals surface area (Å²) < 4.78 is 9.98. The van der Waals surface area contributed by atoms with Crippen LogP contribution in [0.15, 0.2) is 315 Å². The monoisotopic (exact) mass is 1200 g/mol. The van der Waals surface area contributed by atoms with Crippen LogP contribution < -0.4 is 0 Å². The third-order valence-corrected chi connectivity index (χ3v) is 21.1. The van der Waals surface area contributed by atoms with Crippen LogP contribution in [-0.2, 0) is 10.8 Å². The number of aromatic nitrogens is 4. The minimum absolute atomic E-state index is 0.0793. The van der Waals surface area contributed by atoms with Gasteiger partial charge in [-0.1, -0.05) is 282 Å². The lowest BCUT2D eigenvalue weighted by Gasteiger charge is -2.24. The molecular formula is C90H64N4. The summed E-state index contributed by atoms with van der Waals surface area (Å²) in [5.74, 6) is 0. The van der Waals surface area contributed by atoms with Crippen molar-refractivity contribution >= 4 is 87.2 Å². The SMILES string of the molecule is CC1(C)c2ccccc2-c2c1ccc1c3ccccc3n(-c3ccccc3-c3ccccc3-n3c4ccccc4c4ccccc43)c21.CC1(C)c2ccccc2-c2ccc3c4ccccc4n(-c4ccccc4-c4ccccc4-n4c5ccccc5c5ccccc54)c3c21. The lowest BCUT2D eigenvalue weighted by Crippen LogP contribution is -2.16. The summed E-state index contributed by atoms with van der Waals surface area (Å²) >= 11 is 0. The van der Waals surface area contributed by atoms with Gasteiger partial charge < -0.3 is 18.3 Å². The average Bonchev–Trinajstić information content (AvgIpc) is 1.54. The number of hydrogen-bond donors (Lipinski definition) is 0. The molecule has 4 aromatic heterocycles. The van der Waals surface area contributed by atoms with E-state index in [1.807, 2.05) is 0 Å². The molecule has 4 heteroatoms. The largest absolute Gasteiger partial charge is 0.309 e. The Morgan fingerprint density at radius 1 is 0.191 bits per heavy atom. The quantitative estimate of drug-likeness (QED) is 0.158. The van der Waals surface area contributed by atoms with Crippen molar-refractivity contribution < 1.29 is 0 Å². The molecule has 444 valence electrons. The molecule has 2 aliphatic carbocycles. The molecule has 0 radical (unpaired) electrons. The second kappa shape index (κ2) is 20.4. The molecule has 0 amide bonds. The van der Waals surface area contributed by atoms with Gasteiger partial charge in [-0.3, -0.25) is 0 Å². The van der Waals surface area contributed by atoms with E-state index in [0.717, 1.165) is 0 Å². The van der Waals surface area contributed by atoms with Crippen molar-refractivity contribution in [2.24, 2.45) is 0 Å². The predicted octanol–water partition coefficient (Wildman–Crippen LogP) is 23.7. The Hall–Kier alpha value is -11.7. The second-order valence-electron chi connectivity index (χ2n) is 26.6. The summed E-state index contributed by atoms with van der Waals surface area (Å²) in [4.78, 5) is 0. The van der Waals surface area contributed by atoms with Gasteiger partial charge >= 0.3 is 0 Å². The zero-order chi connectivity index (χ0) is 62.6. The van der Waals surface area contributed by atoms with E-state index < -0.39 is 0 Å². The van der Waals surface area contributed by atoms with Gasteiger partial charge in [-0.05, 0) is 99.6 Å². The van der Waals surface area contributed by atoms with Crippen molar-refractivity contribution in [3.8, 4) is 67.3 Å². The van der Waals surface area contributed by atoms with Crippen molar-refractivity contribution in [2.45, 2.75) is 38.5 Å². The smallest absolute Gasteiger partial charge is 0.0622 e. The highest BCUT2D eigenvalue weighted by atomic mass is 15.0. The van der Waals surface area contributed by atoms with E-state index in [0.29, 0.717) is 0 Å². The van der Waals surface area contributed by atoms with Crippen molar-refractivity contribution in [3.63, 3.8) is 0 Å². The van der Waals surface area contributed by atoms with Crippen molar-refractivity contribution in [1.29, 1.82) is 0 Å². The molecule has 0 fully saturated rings. The molecule has 0 spiro atoms. The average molecular weight is 1200 g/mol. The molecule has 94 heavy (non-hydrogen) atoms. The molecule has 20 rings (SSSR count). The van der Waals surface area contributed by atoms with Gasteiger partial charge in [0, 0.05) is 81.7 Å². The predicted molar refractivity (Wildman–Crippen MR) is 396 cm³/mol. The number of hydrogen-bond acceptors (Lipinski definition) is 0. The molecule has 0 bridgehead atoms. The van der Waals surface area contributed by atoms with Gasteiger partial charge in [-0.25, -0.2) is 0 Å². The van der Waals surface area contributed by atoms with E-state index in [-0.39, 0.29) is 10.8 Å². The summed E-state index contributed by atoms with van der Waals surface area (Å²) in [6.45, 7) is 9.52. The molecule has 14 aromatic carbocycles. The van der Waals surface area contributed by atoms with Gasteiger partial charge in [0.25, 0.3) is 0 Å². The highest BCUT2D eigenvalue weighted by molar-refractivity contribution is 6.18. The van der Waals surface area contributed by atoms with Crippen LogP contribution in [0.5, 0.6) is 0 Å². The normalized spacial score (nSPS) is 13.5. The maximum atomic E-state index is 2.55. The maximum Gasteiger partial charge on any atom is 0.0622 e. The van der Waals surface area contributed by atoms with Gasteiger partial charge in [0.05, 0.1) is 66.9 Å². The van der Waals surface area contributed by atoms with E-state index in [9.17, 15) is 0 Å². The first-order chi connectivity index (χ1) is 46.3. The van der Waals surface area contributed by atoms with Crippen LogP contribution in [-0.4, -0.2) is 18.3 Å². The Morgan fingerprint density at radius 2 is 0.479 bits per heavy atom. The second-order valence-corrected chi connectivity index (χ2v) is 26.6. The van der Waals surface area contributed by atoms with Gasteiger partial charge in [0.15, 0.2) is 0 Å². The topological polar surface area (TPSA) is 19.7 Å². The van der Waals surface area contributed by atoms with E-state index in [1.54, 1.807) is 0 Å². The third kappa shape index (κ3) is 7.56. The summed E-state index contributed by atoms with van der Waals surface area (Å²) in [5, 5.41) is 10.2. The van der Waals surface area contributed by atoms with Crippen LogP contribution in [0.25, 0.3) is 154 Å². The van der Waals surface area contributed by atoms with Crippen molar-refractivity contribution in [3.05, 3.63) is 338 Å². The molecular weight excluding hydrogens is 1140 g/mol. The summed E-state index contributed by atoms with van der Waals surface area (Å²) in [5.41, 5.74) is 30.2. The maximum absolute atomic E-state index is 2.55. The molecule has 0 N–H and O–H groups in total. The van der Waals surface area contributed by atoms with Crippen LogP contribution in [0.3, 0.4) is 0 Å². The standard InChI is InChI=1S/2C45H32N2/c1-45(2)36-21-9-3-20-35(36)43-37(45)28-27-34-33-19-8-14-26-42(33)47(44(34)43)41-25-13-7-18-32(41)31-17-6-12-24-40(31)46-38-22-10-4-15-29(38)30-16-5-11-23-39(30)46;1-45(2)37-21-9-3-15-29(37)35-27-28-36-34-20-8-14-26-42(34)47(44(36)43(35)45)41-25-13-7-19-33(41)32-18-6-12-24-40(32)46-38-22-10-4-16-30(38)31-17-5-11-23-39(31)46/h2*3-28H,1-2H3. The zero-order valence-corrected chi connectivity index (χ0v) is 52.8. The summed E-state index contributed by atoms with van der Waals surface area (Å²) in [6.07, 6.45) is 0. The lowest BCUT2D eigenvalue weighted by atomic mass is 9.81. The zero-order valence-electron chi connectivity index (χ0n) is 52.8. The molecule has 0 unspecified atom stereocenters. The Kier molecular flexibility index (Phi) is 11.7.